The molecule has 0 unspecified atom stereocenters. The summed E-state index contributed by atoms with van der Waals surface area (Å²) in [4.78, 5) is 41.0. The normalized spacial score (nSPS) is 34.9. The van der Waals surface area contributed by atoms with Crippen LogP contribution in [0.2, 0.25) is 0 Å². The zero-order valence-corrected chi connectivity index (χ0v) is 20.8. The number of β-lactam (4-membered cyclic amide) rings is 1. The molecule has 34 heavy (non-hydrogen) atoms. The molecule has 0 saturated carbocycles. The number of likely N-dealkylation sites (tertiary alicyclic amines) is 1. The van der Waals surface area contributed by atoms with Gasteiger partial charge in [0.25, 0.3) is 0 Å². The van der Waals surface area contributed by atoms with E-state index in [1.165, 1.54) is 16.7 Å². The van der Waals surface area contributed by atoms with Crippen LogP contribution in [-0.2, 0) is 14.4 Å². The SMILES string of the molecule is CNC[C@H]1CCN(C(=O)C[C@H](O)[C@@H]2C[C@H](SC3=C(C(=O)O)N4C(=O)[C@H]([C@@H](C)O)[C@H]4[C@H]3C)CN2)C1. The van der Waals surface area contributed by atoms with Gasteiger partial charge in [0.1, 0.15) is 5.70 Å². The lowest BCUT2D eigenvalue weighted by Gasteiger charge is -2.46. The lowest BCUT2D eigenvalue weighted by molar-refractivity contribution is -0.163. The molecule has 0 bridgehead atoms. The highest BCUT2D eigenvalue weighted by molar-refractivity contribution is 8.03. The average molecular weight is 497 g/mol. The second kappa shape index (κ2) is 10.1. The van der Waals surface area contributed by atoms with Crippen LogP contribution < -0.4 is 10.6 Å². The van der Waals surface area contributed by atoms with E-state index in [4.69, 9.17) is 0 Å². The van der Waals surface area contributed by atoms with Gasteiger partial charge in [0.2, 0.25) is 11.8 Å². The highest BCUT2D eigenvalue weighted by Crippen LogP contribution is 2.51. The molecule has 0 radical (unpaired) electrons. The van der Waals surface area contributed by atoms with E-state index in [1.807, 2.05) is 18.9 Å². The van der Waals surface area contributed by atoms with Gasteiger partial charge in [-0.2, -0.15) is 0 Å². The molecule has 5 N–H and O–H groups in total. The Morgan fingerprint density at radius 3 is 2.71 bits per heavy atom. The van der Waals surface area contributed by atoms with Crippen molar-refractivity contribution in [2.45, 2.75) is 62.7 Å². The van der Waals surface area contributed by atoms with Crippen LogP contribution >= 0.6 is 11.8 Å². The number of aliphatic hydroxyl groups is 2. The first-order chi connectivity index (χ1) is 16.1. The van der Waals surface area contributed by atoms with Crippen LogP contribution in [0.3, 0.4) is 0 Å². The van der Waals surface area contributed by atoms with Crippen LogP contribution in [0.25, 0.3) is 0 Å². The Hall–Kier alpha value is -1.66. The highest BCUT2D eigenvalue weighted by Gasteiger charge is 2.60. The summed E-state index contributed by atoms with van der Waals surface area (Å²) in [6.45, 7) is 6.37. The number of aliphatic hydroxyl groups excluding tert-OH is 2. The van der Waals surface area contributed by atoms with Crippen molar-refractivity contribution in [3.63, 3.8) is 0 Å². The van der Waals surface area contributed by atoms with Gasteiger partial charge in [-0.05, 0) is 39.3 Å². The number of rotatable bonds is 9. The number of carbonyl (C=O) groups excluding carboxylic acids is 2. The smallest absolute Gasteiger partial charge is 0.353 e. The molecule has 0 aromatic rings. The van der Waals surface area contributed by atoms with Gasteiger partial charge in [-0.3, -0.25) is 9.59 Å². The Labute approximate surface area is 204 Å². The van der Waals surface area contributed by atoms with E-state index in [-0.39, 0.29) is 47.2 Å². The molecule has 8 atom stereocenters. The topological polar surface area (TPSA) is 142 Å². The number of carboxylic acids is 1. The second-order valence-corrected chi connectivity index (χ2v) is 11.4. The van der Waals surface area contributed by atoms with Crippen molar-refractivity contribution in [2.24, 2.45) is 17.8 Å². The molecule has 11 heteroatoms. The van der Waals surface area contributed by atoms with Crippen LogP contribution in [0.5, 0.6) is 0 Å². The number of nitrogens with zero attached hydrogens (tertiary/aromatic N) is 2. The highest BCUT2D eigenvalue weighted by atomic mass is 32.2. The molecule has 2 amide bonds. The molecule has 4 rings (SSSR count). The van der Waals surface area contributed by atoms with Crippen molar-refractivity contribution in [2.75, 3.05) is 33.2 Å². The molecule has 3 fully saturated rings. The summed E-state index contributed by atoms with van der Waals surface area (Å²) in [5, 5.41) is 37.0. The molecule has 0 aliphatic carbocycles. The zero-order valence-electron chi connectivity index (χ0n) is 19.9. The summed E-state index contributed by atoms with van der Waals surface area (Å²) in [6.07, 6.45) is 0.00429. The summed E-state index contributed by atoms with van der Waals surface area (Å²) in [5.74, 6) is -1.81. The predicted molar refractivity (Wildman–Crippen MR) is 127 cm³/mol. The van der Waals surface area contributed by atoms with E-state index in [9.17, 15) is 29.7 Å². The second-order valence-electron chi connectivity index (χ2n) is 10.1. The van der Waals surface area contributed by atoms with Crippen LogP contribution in [0, 0.1) is 17.8 Å². The molecular weight excluding hydrogens is 460 g/mol. The Bertz CT molecular complexity index is 866. The van der Waals surface area contributed by atoms with Gasteiger partial charge >= 0.3 is 5.97 Å². The third kappa shape index (κ3) is 4.60. The van der Waals surface area contributed by atoms with E-state index < -0.39 is 24.1 Å². The number of nitrogens with one attached hydrogen (secondary N) is 2. The number of hydrogen-bond donors (Lipinski definition) is 5. The van der Waals surface area contributed by atoms with E-state index in [2.05, 4.69) is 10.6 Å². The fourth-order valence-corrected chi connectivity index (χ4v) is 7.43. The number of aliphatic carboxylic acids is 1. The van der Waals surface area contributed by atoms with Crippen LogP contribution in [0.4, 0.5) is 0 Å². The van der Waals surface area contributed by atoms with Crippen molar-refractivity contribution in [3.8, 4) is 0 Å². The van der Waals surface area contributed by atoms with E-state index >= 15 is 0 Å². The zero-order chi connectivity index (χ0) is 24.7. The molecule has 0 spiro atoms. The minimum absolute atomic E-state index is 0.0205. The number of thioether (sulfide) groups is 1. The molecule has 4 aliphatic rings. The first-order valence-corrected chi connectivity index (χ1v) is 13.0. The lowest BCUT2D eigenvalue weighted by atomic mass is 9.79. The standard InChI is InChI=1S/C23H36N4O6S/c1-11-19-18(12(2)28)22(31)27(19)20(23(32)33)21(11)34-14-6-15(25-9-14)16(29)7-17(30)26-5-4-13(10-26)8-24-3/h11-16,18-19,24-25,28-29H,4-10H2,1-3H3,(H,32,33)/t11-,12-,13-,14+,15+,16+,18-,19-/m1/s1. The largest absolute Gasteiger partial charge is 0.477 e. The van der Waals surface area contributed by atoms with Gasteiger partial charge in [0, 0.05) is 41.7 Å². The van der Waals surface area contributed by atoms with E-state index in [1.54, 1.807) is 6.92 Å². The first-order valence-electron chi connectivity index (χ1n) is 12.1. The summed E-state index contributed by atoms with van der Waals surface area (Å²) >= 11 is 1.44. The van der Waals surface area contributed by atoms with Gasteiger partial charge in [0.05, 0.1) is 30.6 Å². The van der Waals surface area contributed by atoms with Gasteiger partial charge in [-0.25, -0.2) is 4.79 Å². The predicted octanol–water partition coefficient (Wildman–Crippen LogP) is -0.577. The third-order valence-corrected chi connectivity index (χ3v) is 9.22. The maximum absolute atomic E-state index is 12.7. The average Bonchev–Trinajstić information content (AvgIpc) is 3.47. The molecule has 4 aliphatic heterocycles. The number of fused-ring (bicyclic) bond motifs is 1. The summed E-state index contributed by atoms with van der Waals surface area (Å²) in [7, 11) is 1.90. The van der Waals surface area contributed by atoms with Crippen molar-refractivity contribution >= 4 is 29.5 Å². The molecule has 10 nitrogen and oxygen atoms in total. The van der Waals surface area contributed by atoms with E-state index in [0.717, 1.165) is 26.1 Å². The Kier molecular flexibility index (Phi) is 7.58. The Morgan fingerprint density at radius 2 is 2.06 bits per heavy atom. The van der Waals surface area contributed by atoms with Gasteiger partial charge in [0.15, 0.2) is 0 Å². The Balaban J connectivity index is 1.34. The number of carboxylic acid groups (broad SMARTS) is 1. The maximum atomic E-state index is 12.7. The maximum Gasteiger partial charge on any atom is 0.353 e. The number of amides is 2. The monoisotopic (exact) mass is 496 g/mol. The molecule has 190 valence electrons. The van der Waals surface area contributed by atoms with Crippen molar-refractivity contribution < 1.29 is 29.7 Å². The number of hydrogen-bond acceptors (Lipinski definition) is 8. The van der Waals surface area contributed by atoms with Crippen LogP contribution in [-0.4, -0.2) is 106 Å². The summed E-state index contributed by atoms with van der Waals surface area (Å²) in [6, 6.07) is -0.576. The molecule has 0 aromatic heterocycles. The van der Waals surface area contributed by atoms with Gasteiger partial charge in [-0.15, -0.1) is 11.8 Å². The molecule has 0 aromatic carbocycles. The van der Waals surface area contributed by atoms with Gasteiger partial charge in [-0.1, -0.05) is 6.92 Å². The fourth-order valence-electron chi connectivity index (χ4n) is 5.94. The molecule has 3 saturated heterocycles. The fraction of sp³-hybridized carbons (Fsp3) is 0.783. The number of carbonyl (C=O) groups is 3. The van der Waals surface area contributed by atoms with Crippen molar-refractivity contribution in [3.05, 3.63) is 10.6 Å². The minimum atomic E-state index is -1.13. The summed E-state index contributed by atoms with van der Waals surface area (Å²) in [5.41, 5.74) is 0.0220. The van der Waals surface area contributed by atoms with Crippen LogP contribution in [0.15, 0.2) is 10.6 Å². The van der Waals surface area contributed by atoms with Gasteiger partial charge < -0.3 is 35.8 Å². The third-order valence-electron chi connectivity index (χ3n) is 7.71. The quantitative estimate of drug-likeness (QED) is 0.265. The summed E-state index contributed by atoms with van der Waals surface area (Å²) < 4.78 is 0. The van der Waals surface area contributed by atoms with Crippen molar-refractivity contribution in [1.82, 2.24) is 20.4 Å². The molecular formula is C23H36N4O6S. The van der Waals surface area contributed by atoms with Crippen LogP contribution in [0.1, 0.15) is 33.1 Å². The Morgan fingerprint density at radius 1 is 1.32 bits per heavy atom. The lowest BCUT2D eigenvalue weighted by Crippen LogP contribution is -2.63. The molecule has 4 heterocycles. The first kappa shape index (κ1) is 25.4. The van der Waals surface area contributed by atoms with Crippen molar-refractivity contribution in [1.29, 1.82) is 0 Å². The van der Waals surface area contributed by atoms with E-state index in [0.29, 0.717) is 23.8 Å². The minimum Gasteiger partial charge on any atom is -0.477 e.